The van der Waals surface area contributed by atoms with Gasteiger partial charge in [0.15, 0.2) is 0 Å². The standard InChI is InChI=1S/C12H19N2.ClH.Pt/c1-13(2)9-11-6-5-7-12(8-11)10-14(3)4;;/h6-8H,9-10H2,1-4H3;1H;/q-1;;+2/p-1. The fourth-order valence-corrected chi connectivity index (χ4v) is 1.49. The molecule has 0 fully saturated rings. The summed E-state index contributed by atoms with van der Waals surface area (Å²) in [4.78, 5) is 4.34. The van der Waals surface area contributed by atoms with Gasteiger partial charge in [-0.05, 0) is 41.3 Å². The molecular weight excluding hydrogens is 403 g/mol. The second-order valence-electron chi connectivity index (χ2n) is 4.23. The van der Waals surface area contributed by atoms with E-state index in [1.807, 2.05) is 0 Å². The fourth-order valence-electron chi connectivity index (χ4n) is 1.49. The normalized spacial score (nSPS) is 10.3. The van der Waals surface area contributed by atoms with Gasteiger partial charge in [0.1, 0.15) is 0 Å². The summed E-state index contributed by atoms with van der Waals surface area (Å²) < 4.78 is 0. The molecule has 0 saturated heterocycles. The van der Waals surface area contributed by atoms with Crippen LogP contribution in [0.2, 0.25) is 0 Å². The molecule has 0 saturated carbocycles. The minimum atomic E-state index is 0.984. The van der Waals surface area contributed by atoms with Crippen LogP contribution < -0.4 is 0 Å². The molecule has 0 radical (unpaired) electrons. The summed E-state index contributed by atoms with van der Waals surface area (Å²) >= 11 is 1.61. The molecule has 1 aromatic rings. The van der Waals surface area contributed by atoms with Crippen LogP contribution in [0.15, 0.2) is 18.2 Å². The minimum absolute atomic E-state index is 0.984. The van der Waals surface area contributed by atoms with Crippen molar-refractivity contribution in [2.24, 2.45) is 0 Å². The van der Waals surface area contributed by atoms with E-state index in [2.05, 4.69) is 71.7 Å². The summed E-state index contributed by atoms with van der Waals surface area (Å²) in [7, 11) is 12.9. The summed E-state index contributed by atoms with van der Waals surface area (Å²) in [5.74, 6) is 0. The van der Waals surface area contributed by atoms with Crippen LogP contribution in [0.5, 0.6) is 0 Å². The molecule has 0 aromatic heterocycles. The van der Waals surface area contributed by atoms with Crippen LogP contribution in [0.25, 0.3) is 0 Å². The first-order chi connectivity index (χ1) is 7.58. The molecule has 0 aliphatic rings. The van der Waals surface area contributed by atoms with E-state index in [1.165, 1.54) is 11.1 Å². The monoisotopic (exact) mass is 421 g/mol. The summed E-state index contributed by atoms with van der Waals surface area (Å²) in [6, 6.07) is 9.54. The maximum atomic E-state index is 4.61. The molecule has 0 spiro atoms. The van der Waals surface area contributed by atoms with Crippen molar-refractivity contribution in [1.82, 2.24) is 9.80 Å². The number of hydrogen-bond donors (Lipinski definition) is 0. The Labute approximate surface area is 114 Å². The maximum absolute atomic E-state index is 4.61. The third-order valence-electron chi connectivity index (χ3n) is 1.91. The fraction of sp³-hybridized carbons (Fsp3) is 0.500. The zero-order valence-electron chi connectivity index (χ0n) is 10.2. The van der Waals surface area contributed by atoms with Gasteiger partial charge < -0.3 is 9.80 Å². The predicted octanol–water partition coefficient (Wildman–Crippen LogP) is 2.30. The molecular formula is C12H19ClN2Pt. The Balaban J connectivity index is 0.00000106. The van der Waals surface area contributed by atoms with E-state index < -0.39 is 0 Å². The van der Waals surface area contributed by atoms with E-state index in [9.17, 15) is 0 Å². The first kappa shape index (κ1) is 16.1. The zero-order valence-corrected chi connectivity index (χ0v) is 13.3. The third-order valence-corrected chi connectivity index (χ3v) is 1.91. The van der Waals surface area contributed by atoms with Crippen LogP contribution in [0.1, 0.15) is 11.1 Å². The first-order valence-corrected chi connectivity index (χ1v) is 7.80. The van der Waals surface area contributed by atoms with Crippen molar-refractivity contribution in [3.8, 4) is 0 Å². The van der Waals surface area contributed by atoms with Crippen molar-refractivity contribution >= 4 is 9.42 Å². The number of halogens is 1. The Bertz CT molecular complexity index is 265. The molecule has 0 heterocycles. The number of benzene rings is 1. The molecule has 1 rings (SSSR count). The van der Waals surface area contributed by atoms with Gasteiger partial charge >= 0.3 is 28.2 Å². The summed E-state index contributed by atoms with van der Waals surface area (Å²) in [5, 5.41) is 0. The molecule has 4 heteroatoms. The van der Waals surface area contributed by atoms with Gasteiger partial charge in [-0.15, -0.1) is 11.1 Å². The molecule has 0 amide bonds. The second-order valence-corrected chi connectivity index (χ2v) is 4.23. The molecule has 0 atom stereocenters. The molecule has 0 aliphatic heterocycles. The van der Waals surface area contributed by atoms with Gasteiger partial charge in [-0.3, -0.25) is 0 Å². The van der Waals surface area contributed by atoms with E-state index in [-0.39, 0.29) is 0 Å². The number of nitrogens with zero attached hydrogens (tertiary/aromatic N) is 2. The van der Waals surface area contributed by atoms with Crippen molar-refractivity contribution in [3.63, 3.8) is 0 Å². The average molecular weight is 422 g/mol. The molecule has 16 heavy (non-hydrogen) atoms. The quantitative estimate of drug-likeness (QED) is 0.688. The van der Waals surface area contributed by atoms with Gasteiger partial charge in [-0.1, -0.05) is 0 Å². The van der Waals surface area contributed by atoms with E-state index >= 15 is 0 Å². The Hall–Kier alpha value is 0.118. The molecule has 0 N–H and O–H groups in total. The first-order valence-electron chi connectivity index (χ1n) is 4.98. The van der Waals surface area contributed by atoms with E-state index in [0.717, 1.165) is 13.1 Å². The Morgan fingerprint density at radius 2 is 1.38 bits per heavy atom. The van der Waals surface area contributed by atoms with Crippen LogP contribution in [-0.4, -0.2) is 38.0 Å². The topological polar surface area (TPSA) is 6.48 Å². The number of rotatable bonds is 4. The van der Waals surface area contributed by atoms with Crippen molar-refractivity contribution in [1.29, 1.82) is 0 Å². The Morgan fingerprint density at radius 1 is 1.00 bits per heavy atom. The van der Waals surface area contributed by atoms with E-state index in [1.54, 1.807) is 18.8 Å². The zero-order chi connectivity index (χ0) is 12.6. The van der Waals surface area contributed by atoms with Gasteiger partial charge in [-0.25, -0.2) is 0 Å². The summed E-state index contributed by atoms with van der Waals surface area (Å²) in [6.45, 7) is 1.97. The van der Waals surface area contributed by atoms with E-state index in [0.29, 0.717) is 0 Å². The summed E-state index contributed by atoms with van der Waals surface area (Å²) in [5.41, 5.74) is 2.66. The SMILES string of the molecule is CN(C)Cc1c[c-]cc(CN(C)C)c1.[Cl][Pt+]. The summed E-state index contributed by atoms with van der Waals surface area (Å²) in [6.07, 6.45) is 0. The molecule has 0 unspecified atom stereocenters. The second kappa shape index (κ2) is 9.18. The number of hydrogen-bond acceptors (Lipinski definition) is 2. The van der Waals surface area contributed by atoms with Crippen LogP contribution in [-0.2, 0) is 31.9 Å². The van der Waals surface area contributed by atoms with Crippen molar-refractivity contribution in [2.75, 3.05) is 28.2 Å². The van der Waals surface area contributed by atoms with Crippen molar-refractivity contribution in [2.45, 2.75) is 13.1 Å². The Morgan fingerprint density at radius 3 is 1.69 bits per heavy atom. The van der Waals surface area contributed by atoms with Gasteiger partial charge in [0.25, 0.3) is 0 Å². The van der Waals surface area contributed by atoms with Gasteiger partial charge in [0, 0.05) is 0 Å². The van der Waals surface area contributed by atoms with Crippen molar-refractivity contribution < 1.29 is 18.8 Å². The predicted molar refractivity (Wildman–Crippen MR) is 65.9 cm³/mol. The average Bonchev–Trinajstić information content (AvgIpc) is 2.19. The van der Waals surface area contributed by atoms with Crippen molar-refractivity contribution in [3.05, 3.63) is 35.4 Å². The molecule has 2 nitrogen and oxygen atoms in total. The van der Waals surface area contributed by atoms with Crippen LogP contribution in [0.4, 0.5) is 0 Å². The van der Waals surface area contributed by atoms with Gasteiger partial charge in [0.2, 0.25) is 0 Å². The van der Waals surface area contributed by atoms with Crippen LogP contribution >= 0.6 is 9.42 Å². The van der Waals surface area contributed by atoms with Crippen LogP contribution in [0.3, 0.4) is 0 Å². The Kier molecular flexibility index (Phi) is 9.25. The third kappa shape index (κ3) is 7.40. The molecule has 0 aliphatic carbocycles. The van der Waals surface area contributed by atoms with Gasteiger partial charge in [0.05, 0.1) is 0 Å². The van der Waals surface area contributed by atoms with Gasteiger partial charge in [-0.2, -0.15) is 24.3 Å². The molecule has 1 aromatic carbocycles. The van der Waals surface area contributed by atoms with E-state index in [4.69, 9.17) is 0 Å². The molecule has 94 valence electrons. The van der Waals surface area contributed by atoms with Crippen LogP contribution in [0, 0.1) is 6.07 Å². The molecule has 0 bridgehead atoms.